The van der Waals surface area contributed by atoms with Crippen LogP contribution in [-0.4, -0.2) is 23.3 Å². The summed E-state index contributed by atoms with van der Waals surface area (Å²) in [7, 11) is 0. The number of ketones is 2. The Labute approximate surface area is 143 Å². The largest absolute Gasteiger partial charge is 0.357 e. The fraction of sp³-hybridized carbons (Fsp3) is 0.714. The van der Waals surface area contributed by atoms with E-state index in [1.54, 1.807) is 12.5 Å². The van der Waals surface area contributed by atoms with E-state index in [4.69, 9.17) is 4.74 Å². The minimum absolute atomic E-state index is 0.0419. The Morgan fingerprint density at radius 1 is 1.29 bits per heavy atom. The Bertz CT molecular complexity index is 731. The highest BCUT2D eigenvalue weighted by atomic mass is 16.6. The van der Waals surface area contributed by atoms with Gasteiger partial charge in [-0.1, -0.05) is 31.1 Å². The second kappa shape index (κ2) is 4.30. The van der Waals surface area contributed by atoms with Crippen LogP contribution < -0.4 is 0 Å². The molecular formula is C21H26O3. The van der Waals surface area contributed by atoms with Crippen LogP contribution in [0, 0.1) is 22.7 Å². The maximum Gasteiger partial charge on any atom is 0.164 e. The average Bonchev–Trinajstić information content (AvgIpc) is 3.21. The first-order chi connectivity index (χ1) is 11.3. The molecule has 4 aliphatic carbocycles. The molecule has 0 amide bonds. The van der Waals surface area contributed by atoms with Crippen LogP contribution in [0.1, 0.15) is 59.3 Å². The lowest BCUT2D eigenvalue weighted by Crippen LogP contribution is -2.50. The van der Waals surface area contributed by atoms with E-state index in [0.29, 0.717) is 24.0 Å². The Morgan fingerprint density at radius 3 is 2.83 bits per heavy atom. The van der Waals surface area contributed by atoms with Gasteiger partial charge < -0.3 is 4.74 Å². The van der Waals surface area contributed by atoms with Crippen LogP contribution in [0.2, 0.25) is 0 Å². The molecule has 1 aliphatic heterocycles. The van der Waals surface area contributed by atoms with Gasteiger partial charge in [0, 0.05) is 17.3 Å². The molecule has 2 saturated carbocycles. The molecule has 128 valence electrons. The van der Waals surface area contributed by atoms with E-state index in [-0.39, 0.29) is 22.7 Å². The maximum atomic E-state index is 12.4. The number of ether oxygens (including phenoxy) is 1. The smallest absolute Gasteiger partial charge is 0.164 e. The van der Waals surface area contributed by atoms with Gasteiger partial charge in [0.1, 0.15) is 0 Å². The van der Waals surface area contributed by atoms with Gasteiger partial charge >= 0.3 is 0 Å². The van der Waals surface area contributed by atoms with Gasteiger partial charge in [-0.3, -0.25) is 9.59 Å². The first-order valence-electron chi connectivity index (χ1n) is 9.46. The van der Waals surface area contributed by atoms with Crippen molar-refractivity contribution < 1.29 is 14.3 Å². The second-order valence-electron chi connectivity index (χ2n) is 9.13. The third-order valence-corrected chi connectivity index (χ3v) is 8.29. The van der Waals surface area contributed by atoms with Crippen molar-refractivity contribution >= 4 is 11.6 Å². The van der Waals surface area contributed by atoms with E-state index < -0.39 is 5.60 Å². The molecule has 1 heterocycles. The molecule has 0 aromatic rings. The zero-order valence-corrected chi connectivity index (χ0v) is 14.9. The first kappa shape index (κ1) is 15.1. The fourth-order valence-electron chi connectivity index (χ4n) is 6.93. The molecule has 3 fully saturated rings. The van der Waals surface area contributed by atoms with E-state index in [9.17, 15) is 9.59 Å². The molecule has 0 aromatic carbocycles. The zero-order valence-electron chi connectivity index (χ0n) is 14.9. The van der Waals surface area contributed by atoms with Crippen LogP contribution in [0.15, 0.2) is 23.3 Å². The van der Waals surface area contributed by atoms with Gasteiger partial charge in [-0.2, -0.15) is 0 Å². The zero-order chi connectivity index (χ0) is 16.9. The molecule has 5 rings (SSSR count). The number of carbonyl (C=O) groups is 2. The predicted octanol–water partition coefficient (Wildman–Crippen LogP) is 3.77. The van der Waals surface area contributed by atoms with Gasteiger partial charge in [-0.25, -0.2) is 0 Å². The lowest BCUT2D eigenvalue weighted by Gasteiger charge is -2.53. The molecule has 3 nitrogen and oxygen atoms in total. The molecule has 0 radical (unpaired) electrons. The Morgan fingerprint density at radius 2 is 2.08 bits per heavy atom. The number of rotatable bonds is 1. The number of Topliss-reactive ketones (excluding diaryl/α,β-unsaturated/α-hetero) is 1. The molecule has 3 heteroatoms. The van der Waals surface area contributed by atoms with Gasteiger partial charge in [-0.15, -0.1) is 0 Å². The third kappa shape index (κ3) is 1.49. The van der Waals surface area contributed by atoms with Crippen LogP contribution in [0.4, 0.5) is 0 Å². The summed E-state index contributed by atoms with van der Waals surface area (Å²) in [6.45, 7) is 6.35. The first-order valence-corrected chi connectivity index (χ1v) is 9.46. The molecule has 1 saturated heterocycles. The van der Waals surface area contributed by atoms with E-state index in [1.165, 1.54) is 5.57 Å². The summed E-state index contributed by atoms with van der Waals surface area (Å²) >= 11 is 0. The van der Waals surface area contributed by atoms with E-state index in [0.717, 1.165) is 32.1 Å². The number of carbonyl (C=O) groups excluding carboxylic acids is 2. The molecular weight excluding hydrogens is 300 g/mol. The normalized spacial score (nSPS) is 51.6. The minimum atomic E-state index is -0.501. The second-order valence-corrected chi connectivity index (χ2v) is 9.13. The van der Waals surface area contributed by atoms with Crippen molar-refractivity contribution in [3.63, 3.8) is 0 Å². The quantitative estimate of drug-likeness (QED) is 0.544. The highest BCUT2D eigenvalue weighted by molar-refractivity contribution is 5.92. The van der Waals surface area contributed by atoms with Gasteiger partial charge in [0.15, 0.2) is 17.2 Å². The average molecular weight is 326 g/mol. The van der Waals surface area contributed by atoms with Crippen LogP contribution in [0.25, 0.3) is 0 Å². The van der Waals surface area contributed by atoms with Crippen molar-refractivity contribution in [1.29, 1.82) is 0 Å². The van der Waals surface area contributed by atoms with Gasteiger partial charge in [0.25, 0.3) is 0 Å². The van der Waals surface area contributed by atoms with Crippen molar-refractivity contribution in [2.24, 2.45) is 22.7 Å². The standard InChI is InChI=1S/C21H26O3/c1-12(22)21-18(24-21)11-17-15-5-4-13-10-14(23)6-8-19(13,2)16(15)7-9-20(17,21)3/h7,10,15,17-18H,4-6,8-9,11H2,1-3H3/t15?,17?,18-,19+,20+,21-/m1/s1. The number of allylic oxidation sites excluding steroid dienone is 4. The Hall–Kier alpha value is -1.22. The molecule has 0 N–H and O–H groups in total. The summed E-state index contributed by atoms with van der Waals surface area (Å²) in [5.74, 6) is 1.64. The molecule has 5 aliphatic rings. The van der Waals surface area contributed by atoms with E-state index in [2.05, 4.69) is 19.9 Å². The molecule has 0 aromatic heterocycles. The predicted molar refractivity (Wildman–Crippen MR) is 90.4 cm³/mol. The molecule has 24 heavy (non-hydrogen) atoms. The minimum Gasteiger partial charge on any atom is -0.357 e. The highest BCUT2D eigenvalue weighted by Crippen LogP contribution is 2.72. The maximum absolute atomic E-state index is 12.4. The van der Waals surface area contributed by atoms with Crippen LogP contribution >= 0.6 is 0 Å². The van der Waals surface area contributed by atoms with E-state index in [1.807, 2.05) is 6.08 Å². The van der Waals surface area contributed by atoms with Crippen molar-refractivity contribution in [3.05, 3.63) is 23.3 Å². The molecule has 0 bridgehead atoms. The van der Waals surface area contributed by atoms with Gasteiger partial charge in [0.2, 0.25) is 0 Å². The Balaban J connectivity index is 1.58. The monoisotopic (exact) mass is 326 g/mol. The molecule has 0 spiro atoms. The van der Waals surface area contributed by atoms with Crippen molar-refractivity contribution in [2.75, 3.05) is 0 Å². The summed E-state index contributed by atoms with van der Waals surface area (Å²) in [5.41, 5.74) is 2.45. The number of hydrogen-bond donors (Lipinski definition) is 0. The lowest BCUT2D eigenvalue weighted by atomic mass is 9.50. The van der Waals surface area contributed by atoms with E-state index >= 15 is 0 Å². The van der Waals surface area contributed by atoms with Gasteiger partial charge in [0.05, 0.1) is 6.10 Å². The number of epoxide rings is 1. The molecule has 2 unspecified atom stereocenters. The SMILES string of the molecule is CC(=O)[C@@]12O[C@@H]1CC1C3CCC4=CC(=O)CC[C@]4(C)C3=CC[C@@]12C. The van der Waals surface area contributed by atoms with Crippen molar-refractivity contribution in [2.45, 2.75) is 71.0 Å². The fourth-order valence-corrected chi connectivity index (χ4v) is 6.93. The van der Waals surface area contributed by atoms with Crippen molar-refractivity contribution in [1.82, 2.24) is 0 Å². The Kier molecular flexibility index (Phi) is 2.70. The topological polar surface area (TPSA) is 46.7 Å². The number of fused-ring (bicyclic) bond motifs is 7. The third-order valence-electron chi connectivity index (χ3n) is 8.29. The highest BCUT2D eigenvalue weighted by Gasteiger charge is 2.78. The lowest BCUT2D eigenvalue weighted by molar-refractivity contribution is -0.129. The van der Waals surface area contributed by atoms with Crippen LogP contribution in [-0.2, 0) is 14.3 Å². The van der Waals surface area contributed by atoms with Crippen LogP contribution in [0.5, 0.6) is 0 Å². The summed E-state index contributed by atoms with van der Waals surface area (Å²) in [5, 5.41) is 0. The van der Waals surface area contributed by atoms with Crippen molar-refractivity contribution in [3.8, 4) is 0 Å². The summed E-state index contributed by atoms with van der Waals surface area (Å²) < 4.78 is 5.97. The molecule has 6 atom stereocenters. The summed E-state index contributed by atoms with van der Waals surface area (Å²) in [4.78, 5) is 24.2. The summed E-state index contributed by atoms with van der Waals surface area (Å²) in [6.07, 6.45) is 10.3. The number of hydrogen-bond acceptors (Lipinski definition) is 3. The van der Waals surface area contributed by atoms with Crippen LogP contribution in [0.3, 0.4) is 0 Å². The van der Waals surface area contributed by atoms with Gasteiger partial charge in [-0.05, 0) is 56.9 Å². The summed E-state index contributed by atoms with van der Waals surface area (Å²) in [6, 6.07) is 0.